The molecule has 4 heterocycles. The van der Waals surface area contributed by atoms with E-state index < -0.39 is 11.9 Å². The molecule has 1 aliphatic heterocycles. The van der Waals surface area contributed by atoms with Crippen LogP contribution in [0.5, 0.6) is 5.75 Å². The normalized spacial score (nSPS) is 15.1. The number of pyridine rings is 1. The van der Waals surface area contributed by atoms with Crippen LogP contribution in [0.1, 0.15) is 44.1 Å². The van der Waals surface area contributed by atoms with Crippen LogP contribution in [0.3, 0.4) is 0 Å². The van der Waals surface area contributed by atoms with Crippen LogP contribution in [-0.4, -0.2) is 69.2 Å². The molecule has 0 spiro atoms. The van der Waals surface area contributed by atoms with E-state index in [9.17, 15) is 13.2 Å². The Labute approximate surface area is 214 Å². The number of alkyl halides is 3. The number of aromatic nitrogens is 5. The summed E-state index contributed by atoms with van der Waals surface area (Å²) < 4.78 is 47.7. The van der Waals surface area contributed by atoms with E-state index in [1.54, 1.807) is 6.07 Å². The van der Waals surface area contributed by atoms with Gasteiger partial charge >= 0.3 is 6.18 Å². The van der Waals surface area contributed by atoms with E-state index in [-0.39, 0.29) is 12.0 Å². The smallest absolute Gasteiger partial charge is 0.433 e. The number of ether oxygens (including phenoxy) is 1. The Hall–Kier alpha value is -3.41. The van der Waals surface area contributed by atoms with Crippen molar-refractivity contribution in [2.45, 2.75) is 51.4 Å². The van der Waals surface area contributed by atoms with E-state index in [4.69, 9.17) is 15.5 Å². The largest absolute Gasteiger partial charge is 0.484 e. The van der Waals surface area contributed by atoms with E-state index in [2.05, 4.69) is 29.3 Å². The monoisotopic (exact) mass is 518 g/mol. The summed E-state index contributed by atoms with van der Waals surface area (Å²) >= 11 is 0. The summed E-state index contributed by atoms with van der Waals surface area (Å²) in [7, 11) is 3.97. The maximum Gasteiger partial charge on any atom is 0.433 e. The number of rotatable bonds is 8. The Morgan fingerprint density at radius 3 is 2.54 bits per heavy atom. The van der Waals surface area contributed by atoms with Crippen molar-refractivity contribution in [2.24, 2.45) is 0 Å². The number of nitrogens with zero attached hydrogens (tertiary/aromatic N) is 7. The zero-order chi connectivity index (χ0) is 26.7. The third-order valence-electron chi connectivity index (χ3n) is 6.27. The van der Waals surface area contributed by atoms with Crippen molar-refractivity contribution in [2.75, 3.05) is 44.4 Å². The Kier molecular flexibility index (Phi) is 7.86. The fraction of sp³-hybridized carbons (Fsp3) is 0.520. The fourth-order valence-electron chi connectivity index (χ4n) is 4.43. The van der Waals surface area contributed by atoms with E-state index in [1.165, 1.54) is 12.5 Å². The number of hydrogen-bond donors (Lipinski definition) is 1. The molecular weight excluding hydrogens is 485 g/mol. The van der Waals surface area contributed by atoms with Gasteiger partial charge in [0.2, 0.25) is 5.75 Å². The first-order chi connectivity index (χ1) is 17.5. The highest BCUT2D eigenvalue weighted by Gasteiger charge is 2.33. The van der Waals surface area contributed by atoms with Gasteiger partial charge in [0.25, 0.3) is 0 Å². The molecule has 0 amide bonds. The first-order valence-electron chi connectivity index (χ1n) is 12.3. The molecule has 1 fully saturated rings. The molecule has 3 aromatic rings. The van der Waals surface area contributed by atoms with Gasteiger partial charge in [0.05, 0.1) is 11.8 Å². The first-order valence-corrected chi connectivity index (χ1v) is 12.3. The molecule has 0 saturated carbocycles. The number of hydrogen-bond acceptors (Lipinski definition) is 8. The van der Waals surface area contributed by atoms with Gasteiger partial charge in [0.15, 0.2) is 11.6 Å². The summed E-state index contributed by atoms with van der Waals surface area (Å²) in [5.41, 5.74) is 6.06. The average Bonchev–Trinajstić information content (AvgIpc) is 3.28. The van der Waals surface area contributed by atoms with Gasteiger partial charge in [0, 0.05) is 50.1 Å². The van der Waals surface area contributed by atoms with Crippen molar-refractivity contribution in [3.05, 3.63) is 42.4 Å². The van der Waals surface area contributed by atoms with Crippen molar-refractivity contribution >= 4 is 11.6 Å². The SMILES string of the molecule is CC(C)Oc1c(N)ncnc1N1CCC(c2nc(-c3ccnc(C(F)(F)F)c3)cn2CCN(C)C)CC1. The summed E-state index contributed by atoms with van der Waals surface area (Å²) in [5, 5.41) is 0. The molecule has 0 aromatic carbocycles. The number of halogens is 3. The minimum atomic E-state index is -4.51. The maximum atomic E-state index is 13.2. The molecular formula is C25H33F3N8O. The van der Waals surface area contributed by atoms with Gasteiger partial charge in [-0.15, -0.1) is 0 Å². The van der Waals surface area contributed by atoms with Gasteiger partial charge < -0.3 is 24.8 Å². The molecule has 1 aliphatic rings. The van der Waals surface area contributed by atoms with Crippen LogP contribution in [-0.2, 0) is 12.7 Å². The third kappa shape index (κ3) is 6.30. The van der Waals surface area contributed by atoms with Crippen LogP contribution in [0.25, 0.3) is 11.3 Å². The molecule has 37 heavy (non-hydrogen) atoms. The second-order valence-electron chi connectivity index (χ2n) is 9.75. The third-order valence-corrected chi connectivity index (χ3v) is 6.27. The molecule has 9 nitrogen and oxygen atoms in total. The van der Waals surface area contributed by atoms with Crippen molar-refractivity contribution in [3.8, 4) is 17.0 Å². The molecule has 0 atom stereocenters. The Balaban J connectivity index is 1.58. The van der Waals surface area contributed by atoms with Gasteiger partial charge in [-0.05, 0) is 52.9 Å². The summed E-state index contributed by atoms with van der Waals surface area (Å²) in [6, 6.07) is 2.62. The van der Waals surface area contributed by atoms with Gasteiger partial charge in [-0.2, -0.15) is 13.2 Å². The molecule has 0 radical (unpaired) electrons. The second-order valence-corrected chi connectivity index (χ2v) is 9.75. The zero-order valence-electron chi connectivity index (χ0n) is 21.5. The van der Waals surface area contributed by atoms with Gasteiger partial charge in [-0.3, -0.25) is 4.98 Å². The summed E-state index contributed by atoms with van der Waals surface area (Å²) in [5.74, 6) is 2.49. The lowest BCUT2D eigenvalue weighted by Crippen LogP contribution is -2.35. The lowest BCUT2D eigenvalue weighted by Gasteiger charge is -2.33. The van der Waals surface area contributed by atoms with Crippen LogP contribution in [0.4, 0.5) is 24.8 Å². The Morgan fingerprint density at radius 1 is 1.16 bits per heavy atom. The topological polar surface area (TPSA) is 98.2 Å². The van der Waals surface area contributed by atoms with Crippen molar-refractivity contribution < 1.29 is 17.9 Å². The molecule has 1 saturated heterocycles. The molecule has 4 rings (SSSR count). The van der Waals surface area contributed by atoms with Crippen LogP contribution in [0.2, 0.25) is 0 Å². The summed E-state index contributed by atoms with van der Waals surface area (Å²) in [6.45, 7) is 6.73. The number of piperidine rings is 1. The van der Waals surface area contributed by atoms with E-state index in [1.807, 2.05) is 34.1 Å². The molecule has 12 heteroatoms. The minimum absolute atomic E-state index is 0.0711. The number of imidazole rings is 1. The van der Waals surface area contributed by atoms with Crippen LogP contribution in [0.15, 0.2) is 30.9 Å². The van der Waals surface area contributed by atoms with E-state index in [0.29, 0.717) is 48.3 Å². The average molecular weight is 519 g/mol. The first kappa shape index (κ1) is 26.6. The summed E-state index contributed by atoms with van der Waals surface area (Å²) in [4.78, 5) is 21.0. The summed E-state index contributed by atoms with van der Waals surface area (Å²) in [6.07, 6.45) is 1.48. The van der Waals surface area contributed by atoms with Crippen LogP contribution < -0.4 is 15.4 Å². The lowest BCUT2D eigenvalue weighted by atomic mass is 9.95. The molecule has 2 N–H and O–H groups in total. The number of anilines is 2. The van der Waals surface area contributed by atoms with Crippen LogP contribution in [0, 0.1) is 0 Å². The van der Waals surface area contributed by atoms with Crippen molar-refractivity contribution in [1.82, 2.24) is 29.4 Å². The van der Waals surface area contributed by atoms with Crippen molar-refractivity contribution in [1.29, 1.82) is 0 Å². The maximum absolute atomic E-state index is 13.2. The number of likely N-dealkylation sites (N-methyl/N-ethyl adjacent to an activating group) is 1. The molecule has 0 bridgehead atoms. The van der Waals surface area contributed by atoms with Gasteiger partial charge in [-0.1, -0.05) is 0 Å². The van der Waals surface area contributed by atoms with E-state index >= 15 is 0 Å². The Bertz CT molecular complexity index is 1200. The van der Waals surface area contributed by atoms with Gasteiger partial charge in [0.1, 0.15) is 17.8 Å². The Morgan fingerprint density at radius 2 is 1.89 bits per heavy atom. The standard InChI is InChI=1S/C25H33F3N8O/c1-16(2)37-21-22(29)31-15-32-24(21)35-9-6-17(7-10-35)23-33-19(14-36(23)12-11-34(3)4)18-5-8-30-20(13-18)25(26,27)28/h5,8,13-17H,6-7,9-12H2,1-4H3,(H2,29,31,32). The molecule has 0 aliphatic carbocycles. The minimum Gasteiger partial charge on any atom is -0.484 e. The quantitative estimate of drug-likeness (QED) is 0.477. The number of nitrogen functional groups attached to an aromatic ring is 1. The molecule has 3 aromatic heterocycles. The molecule has 0 unspecified atom stereocenters. The highest BCUT2D eigenvalue weighted by molar-refractivity contribution is 5.63. The number of nitrogens with two attached hydrogens (primary N) is 1. The predicted octanol–water partition coefficient (Wildman–Crippen LogP) is 4.07. The second kappa shape index (κ2) is 10.9. The van der Waals surface area contributed by atoms with Crippen LogP contribution >= 0.6 is 0 Å². The van der Waals surface area contributed by atoms with Gasteiger partial charge in [-0.25, -0.2) is 15.0 Å². The highest BCUT2D eigenvalue weighted by atomic mass is 19.4. The fourth-order valence-corrected chi connectivity index (χ4v) is 4.43. The lowest BCUT2D eigenvalue weighted by molar-refractivity contribution is -0.141. The van der Waals surface area contributed by atoms with Crippen molar-refractivity contribution in [3.63, 3.8) is 0 Å². The van der Waals surface area contributed by atoms with E-state index in [0.717, 1.165) is 31.3 Å². The molecule has 200 valence electrons. The highest BCUT2D eigenvalue weighted by Crippen LogP contribution is 2.37. The predicted molar refractivity (Wildman–Crippen MR) is 135 cm³/mol. The zero-order valence-corrected chi connectivity index (χ0v) is 21.5.